The van der Waals surface area contributed by atoms with E-state index in [1.54, 1.807) is 37.3 Å². The van der Waals surface area contributed by atoms with Crippen LogP contribution in [-0.2, 0) is 10.0 Å². The van der Waals surface area contributed by atoms with Crippen LogP contribution in [0.3, 0.4) is 0 Å². The van der Waals surface area contributed by atoms with Gasteiger partial charge in [0.05, 0.1) is 20.1 Å². The van der Waals surface area contributed by atoms with Crippen LogP contribution in [0.25, 0.3) is 0 Å². The van der Waals surface area contributed by atoms with Gasteiger partial charge in [0.25, 0.3) is 10.0 Å². The molecule has 0 saturated heterocycles. The molecule has 0 amide bonds. The number of nitrogens with one attached hydrogen (secondary N) is 1. The third kappa shape index (κ3) is 3.62. The van der Waals surface area contributed by atoms with Crippen LogP contribution in [-0.4, -0.2) is 8.42 Å². The number of aryl methyl sites for hydroxylation is 2. The van der Waals surface area contributed by atoms with E-state index in [1.165, 1.54) is 0 Å². The van der Waals surface area contributed by atoms with Crippen LogP contribution in [0.1, 0.15) is 11.1 Å². The van der Waals surface area contributed by atoms with E-state index in [2.05, 4.69) is 36.6 Å². The van der Waals surface area contributed by atoms with Gasteiger partial charge in [0, 0.05) is 4.47 Å². The number of anilines is 1. The summed E-state index contributed by atoms with van der Waals surface area (Å²) in [4.78, 5) is 0.207. The number of sulfonamides is 1. The number of benzene rings is 2. The molecule has 0 aliphatic carbocycles. The Morgan fingerprint density at radius 1 is 1.10 bits per heavy atom. The Morgan fingerprint density at radius 3 is 2.24 bits per heavy atom. The quantitative estimate of drug-likeness (QED) is 0.643. The first-order valence-corrected chi connectivity index (χ1v) is 9.40. The summed E-state index contributed by atoms with van der Waals surface area (Å²) in [6, 6.07) is 8.42. The van der Waals surface area contributed by atoms with Gasteiger partial charge in [0.15, 0.2) is 0 Å². The zero-order chi connectivity index (χ0) is 15.8. The summed E-state index contributed by atoms with van der Waals surface area (Å²) in [5, 5.41) is 0.419. The van der Waals surface area contributed by atoms with Crippen molar-refractivity contribution in [2.24, 2.45) is 0 Å². The van der Waals surface area contributed by atoms with E-state index in [0.29, 0.717) is 19.7 Å². The second kappa shape index (κ2) is 6.28. The van der Waals surface area contributed by atoms with Crippen LogP contribution in [0.5, 0.6) is 0 Å². The van der Waals surface area contributed by atoms with Gasteiger partial charge in [-0.15, -0.1) is 0 Å². The molecule has 0 spiro atoms. The highest BCUT2D eigenvalue weighted by atomic mass is 79.9. The van der Waals surface area contributed by atoms with Crippen LogP contribution >= 0.6 is 43.5 Å². The number of hydrogen-bond acceptors (Lipinski definition) is 2. The van der Waals surface area contributed by atoms with Crippen molar-refractivity contribution < 1.29 is 8.42 Å². The summed E-state index contributed by atoms with van der Waals surface area (Å²) in [5.41, 5.74) is 2.19. The molecular weight excluding hydrogens is 441 g/mol. The molecule has 0 aliphatic heterocycles. The fraction of sp³-hybridized carbons (Fsp3) is 0.143. The maximum Gasteiger partial charge on any atom is 0.261 e. The van der Waals surface area contributed by atoms with E-state index in [9.17, 15) is 8.42 Å². The standard InChI is InChI=1S/C14H12Br2ClNO2S/c1-8-3-5-10(6-4-8)21(19,20)18-14-9(2)7-11(15)13(17)12(14)16/h3-7,18H,1-2H3. The number of hydrogen-bond donors (Lipinski definition) is 1. The van der Waals surface area contributed by atoms with E-state index in [0.717, 1.165) is 11.1 Å². The fourth-order valence-electron chi connectivity index (χ4n) is 1.75. The summed E-state index contributed by atoms with van der Waals surface area (Å²) < 4.78 is 28.6. The molecule has 3 nitrogen and oxygen atoms in total. The summed E-state index contributed by atoms with van der Waals surface area (Å²) in [7, 11) is -3.66. The second-order valence-electron chi connectivity index (χ2n) is 4.60. The van der Waals surface area contributed by atoms with Crippen molar-refractivity contribution in [1.29, 1.82) is 0 Å². The summed E-state index contributed by atoms with van der Waals surface area (Å²) in [6.07, 6.45) is 0. The third-order valence-corrected chi connectivity index (χ3v) is 6.56. The van der Waals surface area contributed by atoms with Crippen molar-refractivity contribution in [3.05, 3.63) is 55.4 Å². The maximum absolute atomic E-state index is 12.4. The lowest BCUT2D eigenvalue weighted by molar-refractivity contribution is 0.601. The molecule has 0 bridgehead atoms. The fourth-order valence-corrected chi connectivity index (χ4v) is 4.61. The van der Waals surface area contributed by atoms with Crippen molar-refractivity contribution in [3.63, 3.8) is 0 Å². The Labute approximate surface area is 146 Å². The normalized spacial score (nSPS) is 11.5. The van der Waals surface area contributed by atoms with Crippen molar-refractivity contribution in [3.8, 4) is 0 Å². The molecule has 0 aliphatic rings. The Kier molecular flexibility index (Phi) is 5.03. The molecule has 2 aromatic rings. The van der Waals surface area contributed by atoms with Crippen LogP contribution < -0.4 is 4.72 Å². The minimum absolute atomic E-state index is 0.207. The lowest BCUT2D eigenvalue weighted by Crippen LogP contribution is -2.14. The summed E-state index contributed by atoms with van der Waals surface area (Å²) in [6.45, 7) is 3.71. The Morgan fingerprint density at radius 2 is 1.67 bits per heavy atom. The Bertz CT molecular complexity index is 790. The van der Waals surface area contributed by atoms with E-state index in [1.807, 2.05) is 6.92 Å². The second-order valence-corrected chi connectivity index (χ2v) is 8.30. The lowest BCUT2D eigenvalue weighted by Gasteiger charge is -2.14. The SMILES string of the molecule is Cc1ccc(S(=O)(=O)Nc2c(C)cc(Br)c(Cl)c2Br)cc1. The zero-order valence-corrected chi connectivity index (χ0v) is 16.0. The van der Waals surface area contributed by atoms with Gasteiger partial charge in [-0.3, -0.25) is 4.72 Å². The van der Waals surface area contributed by atoms with Crippen molar-refractivity contribution in [2.75, 3.05) is 4.72 Å². The maximum atomic E-state index is 12.4. The molecule has 0 saturated carbocycles. The number of halogens is 3. The molecule has 0 fully saturated rings. The first-order valence-electron chi connectivity index (χ1n) is 5.96. The monoisotopic (exact) mass is 451 g/mol. The van der Waals surface area contributed by atoms with Crippen LogP contribution in [0, 0.1) is 13.8 Å². The Hall–Kier alpha value is -0.560. The van der Waals surface area contributed by atoms with Gasteiger partial charge in [0.2, 0.25) is 0 Å². The van der Waals surface area contributed by atoms with E-state index < -0.39 is 10.0 Å². The van der Waals surface area contributed by atoms with E-state index >= 15 is 0 Å². The molecule has 7 heteroatoms. The van der Waals surface area contributed by atoms with Gasteiger partial charge in [-0.05, 0) is 69.5 Å². The number of rotatable bonds is 3. The van der Waals surface area contributed by atoms with Crippen LogP contribution in [0.2, 0.25) is 5.02 Å². The topological polar surface area (TPSA) is 46.2 Å². The average Bonchev–Trinajstić information content (AvgIpc) is 2.42. The molecule has 0 radical (unpaired) electrons. The van der Waals surface area contributed by atoms with Gasteiger partial charge < -0.3 is 0 Å². The molecule has 0 atom stereocenters. The Balaban J connectivity index is 2.47. The molecular formula is C14H12Br2ClNO2S. The van der Waals surface area contributed by atoms with Crippen molar-refractivity contribution >= 4 is 59.2 Å². The molecule has 21 heavy (non-hydrogen) atoms. The van der Waals surface area contributed by atoms with Crippen LogP contribution in [0.4, 0.5) is 5.69 Å². The third-order valence-electron chi connectivity index (χ3n) is 2.93. The largest absolute Gasteiger partial charge is 0.278 e. The van der Waals surface area contributed by atoms with Crippen molar-refractivity contribution in [1.82, 2.24) is 0 Å². The van der Waals surface area contributed by atoms with E-state index in [-0.39, 0.29) is 4.90 Å². The predicted molar refractivity (Wildman–Crippen MR) is 93.6 cm³/mol. The molecule has 1 N–H and O–H groups in total. The summed E-state index contributed by atoms with van der Waals surface area (Å²) in [5.74, 6) is 0. The smallest absolute Gasteiger partial charge is 0.261 e. The minimum atomic E-state index is -3.66. The molecule has 2 aromatic carbocycles. The van der Waals surface area contributed by atoms with Gasteiger partial charge in [-0.1, -0.05) is 29.3 Å². The molecule has 2 rings (SSSR count). The highest BCUT2D eigenvalue weighted by Gasteiger charge is 2.19. The minimum Gasteiger partial charge on any atom is -0.278 e. The summed E-state index contributed by atoms with van der Waals surface area (Å²) >= 11 is 12.8. The van der Waals surface area contributed by atoms with Crippen LogP contribution in [0.15, 0.2) is 44.2 Å². The predicted octanol–water partition coefficient (Wildman–Crippen LogP) is 5.28. The zero-order valence-electron chi connectivity index (χ0n) is 11.2. The molecule has 0 aromatic heterocycles. The van der Waals surface area contributed by atoms with E-state index in [4.69, 9.17) is 11.6 Å². The van der Waals surface area contributed by atoms with Crippen molar-refractivity contribution in [2.45, 2.75) is 18.7 Å². The molecule has 0 heterocycles. The van der Waals surface area contributed by atoms with Gasteiger partial charge >= 0.3 is 0 Å². The molecule has 0 unspecified atom stereocenters. The van der Waals surface area contributed by atoms with Gasteiger partial charge in [-0.25, -0.2) is 8.42 Å². The first-order chi connectivity index (χ1) is 9.72. The lowest BCUT2D eigenvalue weighted by atomic mass is 10.2. The first kappa shape index (κ1) is 16.8. The highest BCUT2D eigenvalue weighted by Crippen LogP contribution is 2.39. The van der Waals surface area contributed by atoms with Gasteiger partial charge in [0.1, 0.15) is 0 Å². The highest BCUT2D eigenvalue weighted by molar-refractivity contribution is 9.11. The average molecular weight is 454 g/mol. The van der Waals surface area contributed by atoms with Gasteiger partial charge in [-0.2, -0.15) is 0 Å². The molecule has 112 valence electrons.